The van der Waals surface area contributed by atoms with Gasteiger partial charge in [0.1, 0.15) is 11.5 Å². The van der Waals surface area contributed by atoms with Gasteiger partial charge in [0.05, 0.1) is 11.1 Å². The zero-order chi connectivity index (χ0) is 13.1. The average molecular weight is 372 g/mol. The van der Waals surface area contributed by atoms with Crippen LogP contribution >= 0.6 is 31.9 Å². The summed E-state index contributed by atoms with van der Waals surface area (Å²) in [6.45, 7) is 2.00. The highest BCUT2D eigenvalue weighted by atomic mass is 79.9. The van der Waals surface area contributed by atoms with Crippen molar-refractivity contribution in [3.05, 3.63) is 56.5 Å². The molecular formula is C14H12Br2O2. The Morgan fingerprint density at radius 2 is 1.78 bits per heavy atom. The van der Waals surface area contributed by atoms with E-state index in [4.69, 9.17) is 9.84 Å². The van der Waals surface area contributed by atoms with Crippen LogP contribution in [0.4, 0.5) is 0 Å². The van der Waals surface area contributed by atoms with Crippen LogP contribution in [0, 0.1) is 6.92 Å². The van der Waals surface area contributed by atoms with Crippen LogP contribution in [0.1, 0.15) is 11.1 Å². The Morgan fingerprint density at radius 1 is 1.06 bits per heavy atom. The molecule has 0 unspecified atom stereocenters. The van der Waals surface area contributed by atoms with Crippen LogP contribution in [0.25, 0.3) is 0 Å². The first kappa shape index (κ1) is 13.6. The lowest BCUT2D eigenvalue weighted by Crippen LogP contribution is -1.91. The summed E-state index contributed by atoms with van der Waals surface area (Å²) in [6.07, 6.45) is 0. The van der Waals surface area contributed by atoms with Crippen molar-refractivity contribution < 1.29 is 9.84 Å². The Balaban J connectivity index is 2.28. The van der Waals surface area contributed by atoms with Crippen molar-refractivity contribution in [1.29, 1.82) is 0 Å². The number of rotatable bonds is 3. The molecule has 0 aliphatic rings. The van der Waals surface area contributed by atoms with Gasteiger partial charge in [-0.3, -0.25) is 0 Å². The van der Waals surface area contributed by atoms with Crippen LogP contribution in [0.15, 0.2) is 45.3 Å². The first-order valence-corrected chi connectivity index (χ1v) is 7.02. The monoisotopic (exact) mass is 370 g/mol. The Morgan fingerprint density at radius 3 is 2.39 bits per heavy atom. The third-order valence-electron chi connectivity index (χ3n) is 2.54. The third-order valence-corrected chi connectivity index (χ3v) is 3.65. The largest absolute Gasteiger partial charge is 0.456 e. The van der Waals surface area contributed by atoms with E-state index < -0.39 is 0 Å². The van der Waals surface area contributed by atoms with E-state index in [-0.39, 0.29) is 6.61 Å². The van der Waals surface area contributed by atoms with E-state index in [1.54, 1.807) is 0 Å². The first-order chi connectivity index (χ1) is 8.60. The van der Waals surface area contributed by atoms with Gasteiger partial charge < -0.3 is 9.84 Å². The van der Waals surface area contributed by atoms with Crippen molar-refractivity contribution in [2.45, 2.75) is 13.5 Å². The van der Waals surface area contributed by atoms with Crippen molar-refractivity contribution in [2.75, 3.05) is 0 Å². The van der Waals surface area contributed by atoms with Crippen LogP contribution in [0.5, 0.6) is 11.5 Å². The highest BCUT2D eigenvalue weighted by molar-refractivity contribution is 9.11. The molecule has 0 saturated heterocycles. The number of ether oxygens (including phenoxy) is 1. The van der Waals surface area contributed by atoms with Gasteiger partial charge in [-0.05, 0) is 58.2 Å². The van der Waals surface area contributed by atoms with Crippen LogP contribution in [0.2, 0.25) is 0 Å². The summed E-state index contributed by atoms with van der Waals surface area (Å²) in [7, 11) is 0. The Hall–Kier alpha value is -0.840. The lowest BCUT2D eigenvalue weighted by Gasteiger charge is -2.11. The number of aryl methyl sites for hydroxylation is 1. The lowest BCUT2D eigenvalue weighted by atomic mass is 10.1. The lowest BCUT2D eigenvalue weighted by molar-refractivity contribution is 0.281. The fourth-order valence-corrected chi connectivity index (χ4v) is 2.73. The first-order valence-electron chi connectivity index (χ1n) is 5.43. The molecule has 18 heavy (non-hydrogen) atoms. The minimum Gasteiger partial charge on any atom is -0.456 e. The summed E-state index contributed by atoms with van der Waals surface area (Å²) >= 11 is 6.86. The maximum atomic E-state index is 9.06. The highest BCUT2D eigenvalue weighted by Gasteiger charge is 2.06. The van der Waals surface area contributed by atoms with E-state index in [0.29, 0.717) is 0 Å². The summed E-state index contributed by atoms with van der Waals surface area (Å²) in [6, 6.07) is 11.4. The number of hydrogen-bond acceptors (Lipinski definition) is 2. The molecule has 0 fully saturated rings. The van der Waals surface area contributed by atoms with E-state index in [0.717, 1.165) is 31.6 Å². The summed E-state index contributed by atoms with van der Waals surface area (Å²) in [5, 5.41) is 9.06. The molecule has 0 aliphatic carbocycles. The second kappa shape index (κ2) is 5.87. The molecule has 94 valence electrons. The smallest absolute Gasteiger partial charge is 0.141 e. The summed E-state index contributed by atoms with van der Waals surface area (Å²) < 4.78 is 7.73. The molecule has 1 N–H and O–H groups in total. The zero-order valence-electron chi connectivity index (χ0n) is 9.78. The molecule has 2 aromatic rings. The normalized spacial score (nSPS) is 10.4. The zero-order valence-corrected chi connectivity index (χ0v) is 13.0. The summed E-state index contributed by atoms with van der Waals surface area (Å²) in [5.41, 5.74) is 1.88. The van der Waals surface area contributed by atoms with Crippen molar-refractivity contribution in [1.82, 2.24) is 0 Å². The molecule has 0 heterocycles. The van der Waals surface area contributed by atoms with Gasteiger partial charge >= 0.3 is 0 Å². The Labute approximate surface area is 123 Å². The Kier molecular flexibility index (Phi) is 4.43. The quantitative estimate of drug-likeness (QED) is 0.839. The van der Waals surface area contributed by atoms with Crippen LogP contribution in [-0.2, 0) is 6.61 Å². The number of aliphatic hydroxyl groups excluding tert-OH is 1. The van der Waals surface area contributed by atoms with E-state index in [2.05, 4.69) is 31.9 Å². The molecule has 0 radical (unpaired) electrons. The summed E-state index contributed by atoms with van der Waals surface area (Å²) in [4.78, 5) is 0. The molecule has 0 aromatic heterocycles. The Bertz CT molecular complexity index is 568. The van der Waals surface area contributed by atoms with Gasteiger partial charge in [0.15, 0.2) is 0 Å². The van der Waals surface area contributed by atoms with Crippen LogP contribution < -0.4 is 4.74 Å². The molecule has 0 spiro atoms. The molecule has 4 heteroatoms. The van der Waals surface area contributed by atoms with Gasteiger partial charge in [-0.2, -0.15) is 0 Å². The minimum atomic E-state index is 0.0447. The molecule has 0 saturated carbocycles. The van der Waals surface area contributed by atoms with Crippen molar-refractivity contribution in [3.8, 4) is 11.5 Å². The molecule has 2 aromatic carbocycles. The predicted molar refractivity (Wildman–Crippen MR) is 79.0 cm³/mol. The van der Waals surface area contributed by atoms with Crippen molar-refractivity contribution in [3.63, 3.8) is 0 Å². The number of benzene rings is 2. The topological polar surface area (TPSA) is 29.5 Å². The molecule has 0 bridgehead atoms. The van der Waals surface area contributed by atoms with Crippen LogP contribution in [-0.4, -0.2) is 5.11 Å². The third kappa shape index (κ3) is 3.13. The molecule has 0 amide bonds. The molecule has 2 nitrogen and oxygen atoms in total. The molecule has 0 atom stereocenters. The van der Waals surface area contributed by atoms with E-state index in [1.807, 2.05) is 43.3 Å². The van der Waals surface area contributed by atoms with Crippen molar-refractivity contribution >= 4 is 31.9 Å². The van der Waals surface area contributed by atoms with Gasteiger partial charge in [-0.1, -0.05) is 28.1 Å². The average Bonchev–Trinajstić information content (AvgIpc) is 2.34. The van der Waals surface area contributed by atoms with E-state index in [1.165, 1.54) is 0 Å². The molecule has 0 aliphatic heterocycles. The number of aliphatic hydroxyl groups is 1. The fraction of sp³-hybridized carbons (Fsp3) is 0.143. The second-order valence-electron chi connectivity index (χ2n) is 3.93. The second-order valence-corrected chi connectivity index (χ2v) is 5.70. The SMILES string of the molecule is Cc1cc(CO)ccc1Oc1ccc(Br)cc1Br. The molecular weight excluding hydrogens is 360 g/mol. The van der Waals surface area contributed by atoms with E-state index in [9.17, 15) is 0 Å². The standard InChI is InChI=1S/C14H12Br2O2/c1-9-6-10(8-17)2-4-13(9)18-14-5-3-11(15)7-12(14)16/h2-7,17H,8H2,1H3. The van der Waals surface area contributed by atoms with Gasteiger partial charge in [0.25, 0.3) is 0 Å². The van der Waals surface area contributed by atoms with E-state index >= 15 is 0 Å². The van der Waals surface area contributed by atoms with Crippen LogP contribution in [0.3, 0.4) is 0 Å². The van der Waals surface area contributed by atoms with Gasteiger partial charge in [0.2, 0.25) is 0 Å². The fourth-order valence-electron chi connectivity index (χ4n) is 1.60. The maximum Gasteiger partial charge on any atom is 0.141 e. The summed E-state index contributed by atoms with van der Waals surface area (Å²) in [5.74, 6) is 1.55. The van der Waals surface area contributed by atoms with Gasteiger partial charge in [-0.15, -0.1) is 0 Å². The predicted octanol–water partition coefficient (Wildman–Crippen LogP) is 4.80. The maximum absolute atomic E-state index is 9.06. The minimum absolute atomic E-state index is 0.0447. The number of hydrogen-bond donors (Lipinski definition) is 1. The molecule has 2 rings (SSSR count). The van der Waals surface area contributed by atoms with Crippen molar-refractivity contribution in [2.24, 2.45) is 0 Å². The number of halogens is 2. The highest BCUT2D eigenvalue weighted by Crippen LogP contribution is 2.33. The van der Waals surface area contributed by atoms with Gasteiger partial charge in [0, 0.05) is 4.47 Å². The van der Waals surface area contributed by atoms with Gasteiger partial charge in [-0.25, -0.2) is 0 Å².